The van der Waals surface area contributed by atoms with Crippen molar-refractivity contribution in [2.75, 3.05) is 10.2 Å². The molecule has 0 saturated heterocycles. The maximum Gasteiger partial charge on any atom is 0.331 e. The lowest BCUT2D eigenvalue weighted by Gasteiger charge is -2.32. The molecule has 4 amide bonds. The van der Waals surface area contributed by atoms with Gasteiger partial charge in [-0.3, -0.25) is 14.5 Å². The van der Waals surface area contributed by atoms with E-state index in [1.165, 1.54) is 22.3 Å². The Labute approximate surface area is 234 Å². The smallest absolute Gasteiger partial charge is 0.331 e. The molecule has 1 fully saturated rings. The molecule has 1 aromatic carbocycles. The van der Waals surface area contributed by atoms with Gasteiger partial charge >= 0.3 is 6.03 Å². The maximum absolute atomic E-state index is 13.5. The minimum Gasteiger partial charge on any atom is -0.439 e. The van der Waals surface area contributed by atoms with Crippen molar-refractivity contribution in [2.24, 2.45) is 0 Å². The molecule has 0 spiro atoms. The van der Waals surface area contributed by atoms with Gasteiger partial charge in [-0.2, -0.15) is 0 Å². The zero-order valence-electron chi connectivity index (χ0n) is 21.4. The van der Waals surface area contributed by atoms with Gasteiger partial charge in [0.05, 0.1) is 28.6 Å². The Morgan fingerprint density at radius 2 is 1.82 bits per heavy atom. The molecule has 40 heavy (non-hydrogen) atoms. The van der Waals surface area contributed by atoms with Crippen molar-refractivity contribution in [3.63, 3.8) is 0 Å². The van der Waals surface area contributed by atoms with E-state index >= 15 is 0 Å². The van der Waals surface area contributed by atoms with Crippen molar-refractivity contribution < 1.29 is 19.1 Å². The second kappa shape index (κ2) is 10.8. The van der Waals surface area contributed by atoms with E-state index in [0.717, 1.165) is 25.7 Å². The number of urea groups is 1. The highest BCUT2D eigenvalue weighted by atomic mass is 32.1. The summed E-state index contributed by atoms with van der Waals surface area (Å²) in [6.07, 6.45) is 7.85. The van der Waals surface area contributed by atoms with Crippen molar-refractivity contribution in [3.8, 4) is 11.6 Å². The van der Waals surface area contributed by atoms with Crippen LogP contribution in [0.15, 0.2) is 73.6 Å². The van der Waals surface area contributed by atoms with Gasteiger partial charge in [0.15, 0.2) is 0 Å². The lowest BCUT2D eigenvalue weighted by molar-refractivity contribution is -0.117. The monoisotopic (exact) mass is 554 g/mol. The number of aromatic nitrogens is 2. The summed E-state index contributed by atoms with van der Waals surface area (Å²) >= 11 is 1.22. The molecule has 2 atom stereocenters. The van der Waals surface area contributed by atoms with Crippen molar-refractivity contribution in [2.45, 2.75) is 37.8 Å². The predicted octanol–water partition coefficient (Wildman–Crippen LogP) is 5.51. The number of hydrogen-bond acceptors (Lipinski definition) is 7. The van der Waals surface area contributed by atoms with Crippen LogP contribution in [-0.4, -0.2) is 39.9 Å². The summed E-state index contributed by atoms with van der Waals surface area (Å²) in [5.74, 6) is 0.475. The number of hydrogen-bond donors (Lipinski definition) is 3. The van der Waals surface area contributed by atoms with Crippen LogP contribution in [0.3, 0.4) is 0 Å². The van der Waals surface area contributed by atoms with Gasteiger partial charge in [-0.25, -0.2) is 14.8 Å². The number of carbonyl (C=O) groups is 3. The SMILES string of the molecule is C=CC(=O)N[C@H]1CCCC[C@H]1NC(=O)c1sc2nccc3c2c1NC(=O)N3c1ccc(Oc2ccccc2)nc1. The summed E-state index contributed by atoms with van der Waals surface area (Å²) in [5.41, 5.74) is 1.57. The summed E-state index contributed by atoms with van der Waals surface area (Å²) in [6, 6.07) is 13.7. The van der Waals surface area contributed by atoms with Crippen molar-refractivity contribution in [1.29, 1.82) is 0 Å². The van der Waals surface area contributed by atoms with E-state index < -0.39 is 6.03 Å². The molecule has 0 radical (unpaired) electrons. The Morgan fingerprint density at radius 3 is 2.55 bits per heavy atom. The topological polar surface area (TPSA) is 126 Å². The molecule has 0 bridgehead atoms. The first-order chi connectivity index (χ1) is 19.5. The molecule has 10 nitrogen and oxygen atoms in total. The van der Waals surface area contributed by atoms with E-state index in [4.69, 9.17) is 4.74 Å². The number of amides is 4. The lowest BCUT2D eigenvalue weighted by atomic mass is 9.90. The zero-order valence-corrected chi connectivity index (χ0v) is 22.2. The number of thiophene rings is 1. The Bertz CT molecular complexity index is 1600. The molecule has 1 aliphatic heterocycles. The molecule has 11 heteroatoms. The van der Waals surface area contributed by atoms with Crippen molar-refractivity contribution in [1.82, 2.24) is 20.6 Å². The normalized spacial score (nSPS) is 18.1. The molecule has 1 aliphatic carbocycles. The van der Waals surface area contributed by atoms with Gasteiger partial charge in [0.2, 0.25) is 11.8 Å². The molecule has 4 aromatic rings. The van der Waals surface area contributed by atoms with Crippen LogP contribution < -0.4 is 25.6 Å². The van der Waals surface area contributed by atoms with Crippen molar-refractivity contribution >= 4 is 56.5 Å². The number of ether oxygens (including phenoxy) is 1. The number of benzene rings is 1. The minimum absolute atomic E-state index is 0.186. The molecular formula is C29H26N6O4S. The summed E-state index contributed by atoms with van der Waals surface area (Å²) < 4.78 is 5.78. The molecule has 6 rings (SSSR count). The number of pyridine rings is 2. The Balaban J connectivity index is 1.27. The van der Waals surface area contributed by atoms with Gasteiger partial charge in [0.1, 0.15) is 15.5 Å². The van der Waals surface area contributed by atoms with Gasteiger partial charge in [-0.05, 0) is 43.2 Å². The Hall–Kier alpha value is -4.77. The largest absolute Gasteiger partial charge is 0.439 e. The molecule has 3 N–H and O–H groups in total. The van der Waals surface area contributed by atoms with Gasteiger partial charge in [-0.1, -0.05) is 37.6 Å². The van der Waals surface area contributed by atoms with Crippen molar-refractivity contribution in [3.05, 3.63) is 78.5 Å². The minimum atomic E-state index is -0.417. The summed E-state index contributed by atoms with van der Waals surface area (Å²) in [7, 11) is 0. The molecule has 1 saturated carbocycles. The van der Waals surface area contributed by atoms with Gasteiger partial charge in [0.25, 0.3) is 5.91 Å². The number of para-hydroxylation sites is 1. The average Bonchev–Trinajstić information content (AvgIpc) is 3.35. The predicted molar refractivity (Wildman–Crippen MR) is 153 cm³/mol. The first-order valence-corrected chi connectivity index (χ1v) is 13.8. The van der Waals surface area contributed by atoms with Crippen LogP contribution in [0.2, 0.25) is 0 Å². The number of anilines is 3. The van der Waals surface area contributed by atoms with E-state index in [0.29, 0.717) is 43.8 Å². The van der Waals surface area contributed by atoms with Crippen LogP contribution in [0.1, 0.15) is 35.4 Å². The number of rotatable bonds is 7. The van der Waals surface area contributed by atoms with E-state index in [9.17, 15) is 14.4 Å². The molecule has 4 heterocycles. The number of nitrogens with zero attached hydrogens (tertiary/aromatic N) is 3. The van der Waals surface area contributed by atoms with E-state index in [-0.39, 0.29) is 23.9 Å². The zero-order chi connectivity index (χ0) is 27.6. The highest BCUT2D eigenvalue weighted by Gasteiger charge is 2.34. The first-order valence-electron chi connectivity index (χ1n) is 13.0. The summed E-state index contributed by atoms with van der Waals surface area (Å²) in [6.45, 7) is 3.52. The molecular weight excluding hydrogens is 528 g/mol. The van der Waals surface area contributed by atoms with Crippen LogP contribution in [-0.2, 0) is 4.79 Å². The average molecular weight is 555 g/mol. The summed E-state index contributed by atoms with van der Waals surface area (Å²) in [4.78, 5) is 50.2. The quantitative estimate of drug-likeness (QED) is 0.259. The number of carbonyl (C=O) groups excluding carboxylic acids is 3. The first kappa shape index (κ1) is 25.5. The highest BCUT2D eigenvalue weighted by Crippen LogP contribution is 2.45. The van der Waals surface area contributed by atoms with Crippen LogP contribution in [0.4, 0.5) is 21.9 Å². The van der Waals surface area contributed by atoms with E-state index in [2.05, 4.69) is 32.5 Å². The highest BCUT2D eigenvalue weighted by molar-refractivity contribution is 7.21. The molecule has 2 aliphatic rings. The fourth-order valence-electron chi connectivity index (χ4n) is 5.13. The van der Waals surface area contributed by atoms with Gasteiger partial charge in [-0.15, -0.1) is 11.3 Å². The Morgan fingerprint density at radius 1 is 1.05 bits per heavy atom. The molecule has 202 valence electrons. The third-order valence-corrected chi connectivity index (χ3v) is 8.09. The number of nitrogens with one attached hydrogen (secondary N) is 3. The van der Waals surface area contributed by atoms with Crippen LogP contribution in [0, 0.1) is 0 Å². The Kier molecular flexibility index (Phi) is 6.87. The van der Waals surface area contributed by atoms with E-state index in [1.807, 2.05) is 30.3 Å². The standard InChI is InChI=1S/C29H26N6O4S/c1-2-22(36)32-19-10-6-7-11-20(19)33-27(37)26-25-24-21(14-15-30-28(24)40-26)35(29(38)34-25)17-12-13-23(31-16-17)39-18-8-4-3-5-9-18/h2-5,8-9,12-16,19-20H,1,6-7,10-11H2,(H,32,36)(H,33,37)(H,34,38)/t19-,20+/m0/s1. The lowest BCUT2D eigenvalue weighted by Crippen LogP contribution is -2.52. The summed E-state index contributed by atoms with van der Waals surface area (Å²) in [5, 5.41) is 9.59. The van der Waals surface area contributed by atoms with Gasteiger partial charge in [0, 0.05) is 24.3 Å². The second-order valence-corrected chi connectivity index (χ2v) is 10.5. The fraction of sp³-hybridized carbons (Fsp3) is 0.207. The van der Waals surface area contributed by atoms with Crippen LogP contribution in [0.25, 0.3) is 10.2 Å². The van der Waals surface area contributed by atoms with E-state index in [1.54, 1.807) is 30.6 Å². The van der Waals surface area contributed by atoms with Crippen LogP contribution >= 0.6 is 11.3 Å². The van der Waals surface area contributed by atoms with Crippen LogP contribution in [0.5, 0.6) is 11.6 Å². The third-order valence-electron chi connectivity index (χ3n) is 6.99. The third kappa shape index (κ3) is 4.87. The van der Waals surface area contributed by atoms with Gasteiger partial charge < -0.3 is 20.7 Å². The fourth-order valence-corrected chi connectivity index (χ4v) is 6.15. The molecule has 3 aromatic heterocycles. The second-order valence-electron chi connectivity index (χ2n) is 9.54. The molecule has 0 unspecified atom stereocenters. The maximum atomic E-state index is 13.5.